The largest absolute Gasteiger partial charge is 0.455 e. The van der Waals surface area contributed by atoms with Gasteiger partial charge in [-0.3, -0.25) is 0 Å². The van der Waals surface area contributed by atoms with Crippen LogP contribution in [0.2, 0.25) is 0 Å². The summed E-state index contributed by atoms with van der Waals surface area (Å²) in [4.78, 5) is 14.9. The van der Waals surface area contributed by atoms with Crippen molar-refractivity contribution in [2.24, 2.45) is 0 Å². The van der Waals surface area contributed by atoms with E-state index in [1.807, 2.05) is 36.4 Å². The molecule has 0 aliphatic carbocycles. The number of aromatic nitrogens is 3. The van der Waals surface area contributed by atoms with Crippen LogP contribution in [0.25, 0.3) is 61.4 Å². The molecular weight excluding hydrogens is 502 g/mol. The number of benzene rings is 4. The Labute approximate surface area is 240 Å². The third-order valence-electron chi connectivity index (χ3n) is 7.39. The van der Waals surface area contributed by atoms with Crippen molar-refractivity contribution in [3.8, 4) is 33.9 Å². The van der Waals surface area contributed by atoms with Gasteiger partial charge in [0.15, 0.2) is 17.5 Å². The van der Waals surface area contributed by atoms with E-state index < -0.39 is 0 Å². The Balaban J connectivity index is 1.56. The van der Waals surface area contributed by atoms with Gasteiger partial charge in [-0.1, -0.05) is 118 Å². The number of aryl methyl sites for hydroxylation is 1. The van der Waals surface area contributed by atoms with Gasteiger partial charge in [0.1, 0.15) is 11.2 Å². The molecule has 0 aliphatic rings. The Bertz CT molecular complexity index is 1980. The maximum absolute atomic E-state index is 6.33. The van der Waals surface area contributed by atoms with Crippen molar-refractivity contribution in [3.63, 3.8) is 0 Å². The molecule has 0 saturated carbocycles. The first-order chi connectivity index (χ1) is 20.0. The van der Waals surface area contributed by atoms with Gasteiger partial charge >= 0.3 is 0 Å². The fourth-order valence-electron chi connectivity index (χ4n) is 5.56. The summed E-state index contributed by atoms with van der Waals surface area (Å²) in [5.74, 6) is 2.10. The molecule has 0 amide bonds. The number of allylic oxidation sites excluding steroid dienone is 4. The molecule has 0 spiro atoms. The average molecular weight is 534 g/mol. The molecule has 0 aliphatic heterocycles. The van der Waals surface area contributed by atoms with Crippen molar-refractivity contribution in [2.75, 3.05) is 0 Å². The Hall–Kier alpha value is -5.09. The maximum Gasteiger partial charge on any atom is 0.164 e. The van der Waals surface area contributed by atoms with E-state index in [-0.39, 0.29) is 0 Å². The lowest BCUT2D eigenvalue weighted by Crippen LogP contribution is -2.05. The second-order valence-corrected chi connectivity index (χ2v) is 10.4. The van der Waals surface area contributed by atoms with E-state index in [0.717, 1.165) is 49.8 Å². The first kappa shape index (κ1) is 26.1. The van der Waals surface area contributed by atoms with Gasteiger partial charge in [0.25, 0.3) is 0 Å². The Morgan fingerprint density at radius 2 is 1.46 bits per heavy atom. The van der Waals surface area contributed by atoms with Gasteiger partial charge in [-0.15, -0.1) is 0 Å². The molecule has 4 heteroatoms. The highest BCUT2D eigenvalue weighted by atomic mass is 16.3. The van der Waals surface area contributed by atoms with Crippen LogP contribution in [-0.2, 0) is 0 Å². The molecule has 0 radical (unpaired) electrons. The van der Waals surface area contributed by atoms with Crippen LogP contribution in [-0.4, -0.2) is 15.0 Å². The number of furan rings is 1. The van der Waals surface area contributed by atoms with Crippen molar-refractivity contribution in [1.29, 1.82) is 0 Å². The number of rotatable bonds is 7. The third kappa shape index (κ3) is 4.78. The quantitative estimate of drug-likeness (QED) is 0.192. The minimum Gasteiger partial charge on any atom is -0.455 e. The molecule has 41 heavy (non-hydrogen) atoms. The van der Waals surface area contributed by atoms with E-state index in [2.05, 4.69) is 88.5 Å². The molecule has 6 rings (SSSR count). The predicted octanol–water partition coefficient (Wildman–Crippen LogP) is 9.96. The molecule has 0 fully saturated rings. The van der Waals surface area contributed by atoms with Crippen LogP contribution in [0.5, 0.6) is 0 Å². The second-order valence-electron chi connectivity index (χ2n) is 10.4. The minimum absolute atomic E-state index is 0.310. The zero-order chi connectivity index (χ0) is 28.5. The molecule has 0 atom stereocenters. The van der Waals surface area contributed by atoms with E-state index in [1.165, 1.54) is 11.1 Å². The third-order valence-corrected chi connectivity index (χ3v) is 7.39. The Kier molecular flexibility index (Phi) is 6.90. The van der Waals surface area contributed by atoms with Crippen LogP contribution >= 0.6 is 0 Å². The van der Waals surface area contributed by atoms with Gasteiger partial charge in [0.05, 0.1) is 0 Å². The van der Waals surface area contributed by atoms with Crippen LogP contribution in [0.4, 0.5) is 0 Å². The lowest BCUT2D eigenvalue weighted by atomic mass is 9.92. The van der Waals surface area contributed by atoms with Gasteiger partial charge in [0.2, 0.25) is 0 Å². The zero-order valence-corrected chi connectivity index (χ0v) is 23.6. The standard InChI is InChI=1S/C37H31N3O/c1-6-13-25(7-2)35-38-36(40-37(39-35)31-20-10-14-24(5)33(31)23(3)4)27-16-11-15-26(22-27)28-18-12-19-30-29-17-8-9-21-32(29)41-34(28)30/h6-23H,1-2H2,3-5H3/b25-13+. The summed E-state index contributed by atoms with van der Waals surface area (Å²) in [7, 11) is 0. The van der Waals surface area contributed by atoms with Gasteiger partial charge < -0.3 is 4.42 Å². The molecule has 4 nitrogen and oxygen atoms in total. The van der Waals surface area contributed by atoms with Crippen molar-refractivity contribution in [1.82, 2.24) is 15.0 Å². The summed E-state index contributed by atoms with van der Waals surface area (Å²) in [5, 5.41) is 2.21. The maximum atomic E-state index is 6.33. The zero-order valence-electron chi connectivity index (χ0n) is 23.6. The molecular formula is C37H31N3O. The summed E-state index contributed by atoms with van der Waals surface area (Å²) >= 11 is 0. The highest BCUT2D eigenvalue weighted by Crippen LogP contribution is 2.37. The smallest absolute Gasteiger partial charge is 0.164 e. The molecule has 2 heterocycles. The average Bonchev–Trinajstić information content (AvgIpc) is 3.38. The van der Waals surface area contributed by atoms with Crippen molar-refractivity contribution in [2.45, 2.75) is 26.7 Å². The van der Waals surface area contributed by atoms with Gasteiger partial charge in [-0.05, 0) is 41.7 Å². The molecule has 2 aromatic heterocycles. The second kappa shape index (κ2) is 10.8. The summed E-state index contributed by atoms with van der Waals surface area (Å²) in [6, 6.07) is 29.0. The minimum atomic E-state index is 0.310. The van der Waals surface area contributed by atoms with Crippen LogP contribution in [0, 0.1) is 6.92 Å². The molecule has 0 unspecified atom stereocenters. The summed E-state index contributed by atoms with van der Waals surface area (Å²) in [5.41, 5.74) is 8.92. The summed E-state index contributed by atoms with van der Waals surface area (Å²) in [6.45, 7) is 14.4. The number of para-hydroxylation sites is 2. The highest BCUT2D eigenvalue weighted by molar-refractivity contribution is 6.09. The highest BCUT2D eigenvalue weighted by Gasteiger charge is 2.18. The van der Waals surface area contributed by atoms with Gasteiger partial charge in [-0.25, -0.2) is 15.0 Å². The lowest BCUT2D eigenvalue weighted by molar-refractivity contribution is 0.670. The molecule has 200 valence electrons. The molecule has 6 aromatic rings. The van der Waals surface area contributed by atoms with Crippen LogP contribution < -0.4 is 0 Å². The number of hydrogen-bond acceptors (Lipinski definition) is 4. The van der Waals surface area contributed by atoms with Crippen LogP contribution in [0.1, 0.15) is 36.7 Å². The molecule has 4 aromatic carbocycles. The SMILES string of the molecule is C=C/C=C(\C=C)c1nc(-c2cccc(-c3cccc4c3oc3ccccc34)c2)nc(-c2cccc(C)c2C(C)C)n1. The summed E-state index contributed by atoms with van der Waals surface area (Å²) < 4.78 is 6.33. The topological polar surface area (TPSA) is 51.8 Å². The number of nitrogens with zero attached hydrogens (tertiary/aromatic N) is 3. The van der Waals surface area contributed by atoms with Gasteiger partial charge in [0, 0.05) is 33.0 Å². The van der Waals surface area contributed by atoms with E-state index in [1.54, 1.807) is 12.2 Å². The van der Waals surface area contributed by atoms with Crippen molar-refractivity contribution in [3.05, 3.63) is 133 Å². The van der Waals surface area contributed by atoms with Gasteiger partial charge in [-0.2, -0.15) is 0 Å². The predicted molar refractivity (Wildman–Crippen MR) is 171 cm³/mol. The first-order valence-corrected chi connectivity index (χ1v) is 13.8. The number of fused-ring (bicyclic) bond motifs is 3. The van der Waals surface area contributed by atoms with E-state index >= 15 is 0 Å². The lowest BCUT2D eigenvalue weighted by Gasteiger charge is -2.16. The van der Waals surface area contributed by atoms with E-state index in [9.17, 15) is 0 Å². The van der Waals surface area contributed by atoms with E-state index in [4.69, 9.17) is 19.4 Å². The normalized spacial score (nSPS) is 11.9. The molecule has 0 N–H and O–H groups in total. The molecule has 0 saturated heterocycles. The van der Waals surface area contributed by atoms with Crippen molar-refractivity contribution >= 4 is 27.5 Å². The summed E-state index contributed by atoms with van der Waals surface area (Å²) in [6.07, 6.45) is 5.35. The number of hydrogen-bond donors (Lipinski definition) is 0. The monoisotopic (exact) mass is 533 g/mol. The fraction of sp³-hybridized carbons (Fsp3) is 0.108. The first-order valence-electron chi connectivity index (χ1n) is 13.8. The van der Waals surface area contributed by atoms with Crippen molar-refractivity contribution < 1.29 is 4.42 Å². The van der Waals surface area contributed by atoms with E-state index in [0.29, 0.717) is 23.4 Å². The Morgan fingerprint density at radius 1 is 0.756 bits per heavy atom. The van der Waals surface area contributed by atoms with Crippen LogP contribution in [0.3, 0.4) is 0 Å². The Morgan fingerprint density at radius 3 is 2.27 bits per heavy atom. The fourth-order valence-corrected chi connectivity index (χ4v) is 5.56. The molecule has 0 bridgehead atoms. The van der Waals surface area contributed by atoms with Crippen LogP contribution in [0.15, 0.2) is 121 Å².